The molecular formula is C34H24Cl6O9. The summed E-state index contributed by atoms with van der Waals surface area (Å²) in [6.07, 6.45) is 0.608. The third-order valence-electron chi connectivity index (χ3n) is 6.44. The molecule has 0 saturated heterocycles. The highest BCUT2D eigenvalue weighted by Crippen LogP contribution is 2.31. The van der Waals surface area contributed by atoms with Crippen LogP contribution in [-0.4, -0.2) is 50.3 Å². The molecule has 0 radical (unpaired) electrons. The van der Waals surface area contributed by atoms with E-state index >= 15 is 0 Å². The zero-order valence-corrected chi connectivity index (χ0v) is 29.6. The third-order valence-corrected chi connectivity index (χ3v) is 8.08. The number of hydrogen-bond donors (Lipinski definition) is 0. The maximum Gasteiger partial charge on any atom is 0.349 e. The zero-order valence-electron chi connectivity index (χ0n) is 25.1. The minimum Gasteiger partial charge on any atom is -0.452 e. The van der Waals surface area contributed by atoms with Crippen LogP contribution in [0.2, 0.25) is 30.1 Å². The average Bonchev–Trinajstić information content (AvgIpc) is 3.04. The Bertz CT molecular complexity index is 1730. The van der Waals surface area contributed by atoms with Crippen LogP contribution in [0.25, 0.3) is 0 Å². The number of hydrogen-bond acceptors (Lipinski definition) is 9. The highest BCUT2D eigenvalue weighted by atomic mass is 35.5. The van der Waals surface area contributed by atoms with Gasteiger partial charge in [0.2, 0.25) is 0 Å². The van der Waals surface area contributed by atoms with E-state index in [0.717, 1.165) is 11.1 Å². The molecule has 0 saturated carbocycles. The average molecular weight is 789 g/mol. The fourth-order valence-electron chi connectivity index (χ4n) is 4.16. The van der Waals surface area contributed by atoms with Gasteiger partial charge in [0.25, 0.3) is 0 Å². The van der Waals surface area contributed by atoms with Crippen molar-refractivity contribution in [2.75, 3.05) is 26.4 Å². The van der Waals surface area contributed by atoms with Crippen molar-refractivity contribution >= 4 is 93.5 Å². The first-order valence-corrected chi connectivity index (χ1v) is 16.4. The molecule has 0 N–H and O–H groups in total. The first-order chi connectivity index (χ1) is 23.4. The molecule has 4 aromatic carbocycles. The molecule has 0 fully saturated rings. The molecule has 0 bridgehead atoms. The highest BCUT2D eigenvalue weighted by Gasteiger charge is 2.17. The molecule has 0 aromatic heterocycles. The zero-order chi connectivity index (χ0) is 35.5. The second-order valence-electron chi connectivity index (χ2n) is 10.1. The summed E-state index contributed by atoms with van der Waals surface area (Å²) in [5.41, 5.74) is 2.65. The van der Waals surface area contributed by atoms with Crippen LogP contribution in [0.4, 0.5) is 0 Å². The van der Waals surface area contributed by atoms with Crippen molar-refractivity contribution in [1.29, 1.82) is 0 Å². The predicted molar refractivity (Wildman–Crippen MR) is 185 cm³/mol. The van der Waals surface area contributed by atoms with E-state index in [0.29, 0.717) is 54.1 Å². The fourth-order valence-corrected chi connectivity index (χ4v) is 5.44. The van der Waals surface area contributed by atoms with E-state index in [1.54, 1.807) is 60.7 Å². The molecule has 49 heavy (non-hydrogen) atoms. The summed E-state index contributed by atoms with van der Waals surface area (Å²) in [4.78, 5) is 48.9. The van der Waals surface area contributed by atoms with Gasteiger partial charge in [-0.3, -0.25) is 0 Å². The van der Waals surface area contributed by atoms with Gasteiger partial charge in [0.15, 0.2) is 13.2 Å². The summed E-state index contributed by atoms with van der Waals surface area (Å²) in [5, 5.41) is 2.44. The molecule has 0 spiro atoms. The van der Waals surface area contributed by atoms with Gasteiger partial charge in [-0.2, -0.15) is 0 Å². The van der Waals surface area contributed by atoms with Crippen molar-refractivity contribution in [3.8, 4) is 11.5 Å². The Kier molecular flexibility index (Phi) is 14.4. The largest absolute Gasteiger partial charge is 0.452 e. The Balaban J connectivity index is 1.18. The monoisotopic (exact) mass is 786 g/mol. The molecule has 0 heterocycles. The second-order valence-corrected chi connectivity index (χ2v) is 12.7. The maximum atomic E-state index is 12.4. The number of halogens is 6. The SMILES string of the molecule is O=C(COCC(=O)OCC(=O)Oc1cc(Cl)ccc1Cc1ccc(Cl)cc1Cl)OCC(=O)Oc1cc(Cl)ccc1Cc1ccc(Cl)cc1Cl. The lowest BCUT2D eigenvalue weighted by Crippen LogP contribution is -2.24. The van der Waals surface area contributed by atoms with E-state index in [4.69, 9.17) is 93.3 Å². The van der Waals surface area contributed by atoms with Crippen LogP contribution in [0, 0.1) is 0 Å². The summed E-state index contributed by atoms with van der Waals surface area (Å²) in [6.45, 7) is -2.88. The van der Waals surface area contributed by atoms with Gasteiger partial charge in [0, 0.05) is 43.0 Å². The first-order valence-electron chi connectivity index (χ1n) is 14.1. The first kappa shape index (κ1) is 38.3. The van der Waals surface area contributed by atoms with E-state index in [1.165, 1.54) is 12.1 Å². The molecule has 9 nitrogen and oxygen atoms in total. The normalized spacial score (nSPS) is 10.7. The molecule has 256 valence electrons. The van der Waals surface area contributed by atoms with Crippen LogP contribution in [-0.2, 0) is 46.2 Å². The summed E-state index contributed by atoms with van der Waals surface area (Å²) in [5.74, 6) is -3.41. The van der Waals surface area contributed by atoms with Gasteiger partial charge >= 0.3 is 23.9 Å². The molecule has 0 aliphatic heterocycles. The second kappa shape index (κ2) is 18.5. The molecule has 0 amide bonds. The van der Waals surface area contributed by atoms with E-state index in [9.17, 15) is 19.2 Å². The lowest BCUT2D eigenvalue weighted by atomic mass is 10.0. The van der Waals surface area contributed by atoms with Crippen LogP contribution in [0.5, 0.6) is 11.5 Å². The lowest BCUT2D eigenvalue weighted by Gasteiger charge is -2.12. The number of rotatable bonds is 14. The van der Waals surface area contributed by atoms with Gasteiger partial charge in [0.1, 0.15) is 24.7 Å². The van der Waals surface area contributed by atoms with Crippen molar-refractivity contribution in [2.24, 2.45) is 0 Å². The van der Waals surface area contributed by atoms with Crippen molar-refractivity contribution in [3.05, 3.63) is 125 Å². The molecule has 4 aromatic rings. The highest BCUT2D eigenvalue weighted by molar-refractivity contribution is 6.35. The number of benzene rings is 4. The Morgan fingerprint density at radius 3 is 1.14 bits per heavy atom. The van der Waals surface area contributed by atoms with Gasteiger partial charge in [-0.15, -0.1) is 0 Å². The molecule has 0 unspecified atom stereocenters. The van der Waals surface area contributed by atoms with E-state index in [2.05, 4.69) is 0 Å². The molecular weight excluding hydrogens is 765 g/mol. The minimum atomic E-state index is -0.960. The van der Waals surface area contributed by atoms with Gasteiger partial charge < -0.3 is 23.7 Å². The van der Waals surface area contributed by atoms with Crippen LogP contribution < -0.4 is 9.47 Å². The predicted octanol–water partition coefficient (Wildman–Crippen LogP) is 8.40. The van der Waals surface area contributed by atoms with Gasteiger partial charge in [-0.05, 0) is 70.8 Å². The lowest BCUT2D eigenvalue weighted by molar-refractivity contribution is -0.162. The van der Waals surface area contributed by atoms with Crippen LogP contribution >= 0.6 is 69.6 Å². The number of esters is 4. The maximum absolute atomic E-state index is 12.4. The third kappa shape index (κ3) is 12.4. The van der Waals surface area contributed by atoms with E-state index in [-0.39, 0.29) is 11.5 Å². The minimum absolute atomic E-state index is 0.148. The van der Waals surface area contributed by atoms with Crippen molar-refractivity contribution in [3.63, 3.8) is 0 Å². The van der Waals surface area contributed by atoms with Gasteiger partial charge in [-0.25, -0.2) is 19.2 Å². The Labute approximate surface area is 310 Å². The van der Waals surface area contributed by atoms with Crippen LogP contribution in [0.15, 0.2) is 72.8 Å². The number of carbonyl (C=O) groups excluding carboxylic acids is 4. The fraction of sp³-hybridized carbons (Fsp3) is 0.176. The van der Waals surface area contributed by atoms with E-state index in [1.807, 2.05) is 0 Å². The van der Waals surface area contributed by atoms with Crippen molar-refractivity contribution in [2.45, 2.75) is 12.8 Å². The topological polar surface area (TPSA) is 114 Å². The summed E-state index contributed by atoms with van der Waals surface area (Å²) < 4.78 is 25.4. The quantitative estimate of drug-likeness (QED) is 0.0918. The smallest absolute Gasteiger partial charge is 0.349 e. The summed E-state index contributed by atoms with van der Waals surface area (Å²) in [7, 11) is 0. The standard InChI is InChI=1S/C34H24Cl6O9/c35-23-5-1-19(27(39)11-23)9-21-3-7-25(37)13-29(21)48-33(43)17-46-31(41)15-45-16-32(42)47-18-34(44)49-30-14-26(38)8-4-22(30)10-20-2-6-24(36)12-28(20)40/h1-8,11-14H,9-10,15-18H2. The number of carbonyl (C=O) groups is 4. The molecule has 0 aliphatic rings. The van der Waals surface area contributed by atoms with Crippen molar-refractivity contribution in [1.82, 2.24) is 0 Å². The number of ether oxygens (including phenoxy) is 5. The Hall–Kier alpha value is -3.54. The Morgan fingerprint density at radius 2 is 0.776 bits per heavy atom. The van der Waals surface area contributed by atoms with Gasteiger partial charge in [-0.1, -0.05) is 93.9 Å². The van der Waals surface area contributed by atoms with Gasteiger partial charge in [0.05, 0.1) is 0 Å². The molecule has 0 atom stereocenters. The Morgan fingerprint density at radius 1 is 0.429 bits per heavy atom. The summed E-state index contributed by atoms with van der Waals surface area (Å²) in [6, 6.07) is 19.5. The molecule has 0 aliphatic carbocycles. The van der Waals surface area contributed by atoms with Crippen LogP contribution in [0.3, 0.4) is 0 Å². The van der Waals surface area contributed by atoms with E-state index < -0.39 is 50.3 Å². The van der Waals surface area contributed by atoms with Crippen molar-refractivity contribution < 1.29 is 42.9 Å². The molecule has 15 heteroatoms. The molecule has 4 rings (SSSR count). The van der Waals surface area contributed by atoms with Crippen LogP contribution in [0.1, 0.15) is 22.3 Å². The summed E-state index contributed by atoms with van der Waals surface area (Å²) >= 11 is 36.6.